The maximum atomic E-state index is 9.40. The average Bonchev–Trinajstić information content (AvgIpc) is 2.12. The molecule has 0 fully saturated rings. The van der Waals surface area contributed by atoms with Crippen LogP contribution in [-0.2, 0) is 0 Å². The van der Waals surface area contributed by atoms with Gasteiger partial charge in [-0.05, 0) is 18.2 Å². The molecule has 1 heterocycles. The number of nitrogen functional groups attached to an aromatic ring is 1. The Hall–Kier alpha value is -1.77. The Bertz CT molecular complexity index is 385. The van der Waals surface area contributed by atoms with Gasteiger partial charge in [0.25, 0.3) is 0 Å². The Morgan fingerprint density at radius 2 is 2.00 bits per heavy atom. The molecular weight excluding hydrogens is 152 g/mol. The first kappa shape index (κ1) is 6.91. The molecule has 0 spiro atoms. The molecule has 1 aromatic heterocycles. The lowest BCUT2D eigenvalue weighted by atomic mass is 10.1. The molecule has 1 aromatic carbocycles. The van der Waals surface area contributed by atoms with Crippen LogP contribution in [0, 0.1) is 0 Å². The van der Waals surface area contributed by atoms with Crippen LogP contribution in [0.25, 0.3) is 10.8 Å². The zero-order chi connectivity index (χ0) is 8.55. The summed E-state index contributed by atoms with van der Waals surface area (Å²) in [6, 6.07) is 5.03. The second-order valence-corrected chi connectivity index (χ2v) is 2.60. The minimum absolute atomic E-state index is 0.215. The molecule has 3 heteroatoms. The van der Waals surface area contributed by atoms with Gasteiger partial charge in [-0.15, -0.1) is 0 Å². The SMILES string of the molecule is Nc1ccc(O)c2cnccc12. The van der Waals surface area contributed by atoms with Gasteiger partial charge >= 0.3 is 0 Å². The van der Waals surface area contributed by atoms with Gasteiger partial charge in [-0.2, -0.15) is 0 Å². The Balaban J connectivity index is 2.95. The zero-order valence-corrected chi connectivity index (χ0v) is 6.36. The largest absolute Gasteiger partial charge is 0.507 e. The summed E-state index contributed by atoms with van der Waals surface area (Å²) in [7, 11) is 0. The van der Waals surface area contributed by atoms with Crippen molar-refractivity contribution in [3.05, 3.63) is 30.6 Å². The van der Waals surface area contributed by atoms with E-state index in [1.165, 1.54) is 0 Å². The molecule has 3 N–H and O–H groups in total. The number of anilines is 1. The van der Waals surface area contributed by atoms with Crippen molar-refractivity contribution in [3.8, 4) is 5.75 Å². The third kappa shape index (κ3) is 0.871. The highest BCUT2D eigenvalue weighted by Crippen LogP contribution is 2.27. The van der Waals surface area contributed by atoms with E-state index in [1.54, 1.807) is 30.6 Å². The number of phenolic OH excluding ortho intramolecular Hbond substituents is 1. The van der Waals surface area contributed by atoms with Crippen molar-refractivity contribution in [1.82, 2.24) is 4.98 Å². The average molecular weight is 160 g/mol. The molecule has 0 saturated carbocycles. The molecular formula is C9H8N2O. The standard InChI is InChI=1S/C9H8N2O/c10-8-1-2-9(12)7-5-11-4-3-6(7)8/h1-5,12H,10H2. The first-order valence-corrected chi connectivity index (χ1v) is 3.60. The fourth-order valence-corrected chi connectivity index (χ4v) is 1.20. The summed E-state index contributed by atoms with van der Waals surface area (Å²) in [6.45, 7) is 0. The fourth-order valence-electron chi connectivity index (χ4n) is 1.20. The van der Waals surface area contributed by atoms with Crippen LogP contribution < -0.4 is 5.73 Å². The highest BCUT2D eigenvalue weighted by molar-refractivity contribution is 5.96. The van der Waals surface area contributed by atoms with Crippen LogP contribution in [-0.4, -0.2) is 10.1 Å². The topological polar surface area (TPSA) is 59.1 Å². The number of benzene rings is 1. The van der Waals surface area contributed by atoms with Crippen molar-refractivity contribution in [3.63, 3.8) is 0 Å². The van der Waals surface area contributed by atoms with E-state index >= 15 is 0 Å². The van der Waals surface area contributed by atoms with Gasteiger partial charge in [-0.3, -0.25) is 4.98 Å². The Morgan fingerprint density at radius 3 is 2.75 bits per heavy atom. The Kier molecular flexibility index (Phi) is 1.37. The van der Waals surface area contributed by atoms with Gasteiger partial charge < -0.3 is 10.8 Å². The van der Waals surface area contributed by atoms with E-state index in [0.29, 0.717) is 11.1 Å². The first-order chi connectivity index (χ1) is 5.79. The number of rotatable bonds is 0. The van der Waals surface area contributed by atoms with E-state index < -0.39 is 0 Å². The number of aromatic nitrogens is 1. The van der Waals surface area contributed by atoms with Crippen molar-refractivity contribution in [2.75, 3.05) is 5.73 Å². The summed E-state index contributed by atoms with van der Waals surface area (Å²) in [5.74, 6) is 0.215. The van der Waals surface area contributed by atoms with Crippen molar-refractivity contribution >= 4 is 16.5 Å². The fraction of sp³-hybridized carbons (Fsp3) is 0. The monoisotopic (exact) mass is 160 g/mol. The van der Waals surface area contributed by atoms with Crippen LogP contribution in [0.4, 0.5) is 5.69 Å². The van der Waals surface area contributed by atoms with Crippen LogP contribution in [0.1, 0.15) is 0 Å². The van der Waals surface area contributed by atoms with E-state index in [1.807, 2.05) is 0 Å². The number of nitrogens with two attached hydrogens (primary N) is 1. The molecule has 0 unspecified atom stereocenters. The normalized spacial score (nSPS) is 10.3. The van der Waals surface area contributed by atoms with E-state index in [-0.39, 0.29) is 5.75 Å². The molecule has 2 rings (SSSR count). The van der Waals surface area contributed by atoms with Gasteiger partial charge in [0.05, 0.1) is 0 Å². The van der Waals surface area contributed by atoms with Gasteiger partial charge in [0.15, 0.2) is 0 Å². The van der Waals surface area contributed by atoms with Gasteiger partial charge in [0, 0.05) is 28.9 Å². The van der Waals surface area contributed by atoms with E-state index in [2.05, 4.69) is 4.98 Å². The quantitative estimate of drug-likeness (QED) is 0.453. The van der Waals surface area contributed by atoms with Crippen molar-refractivity contribution in [1.29, 1.82) is 0 Å². The molecule has 0 radical (unpaired) electrons. The molecule has 60 valence electrons. The van der Waals surface area contributed by atoms with Crippen molar-refractivity contribution in [2.24, 2.45) is 0 Å². The number of fused-ring (bicyclic) bond motifs is 1. The second kappa shape index (κ2) is 2.37. The van der Waals surface area contributed by atoms with Crippen molar-refractivity contribution in [2.45, 2.75) is 0 Å². The van der Waals surface area contributed by atoms with E-state index in [0.717, 1.165) is 5.39 Å². The maximum absolute atomic E-state index is 9.40. The van der Waals surface area contributed by atoms with Gasteiger partial charge in [-0.1, -0.05) is 0 Å². The van der Waals surface area contributed by atoms with Crippen molar-refractivity contribution < 1.29 is 5.11 Å². The molecule has 0 aliphatic heterocycles. The molecule has 0 aliphatic carbocycles. The zero-order valence-electron chi connectivity index (χ0n) is 6.36. The summed E-state index contributed by atoms with van der Waals surface area (Å²) in [5.41, 5.74) is 6.34. The van der Waals surface area contributed by atoms with Crippen LogP contribution in [0.5, 0.6) is 5.75 Å². The predicted molar refractivity (Wildman–Crippen MR) is 47.8 cm³/mol. The first-order valence-electron chi connectivity index (χ1n) is 3.60. The molecule has 0 aliphatic rings. The summed E-state index contributed by atoms with van der Waals surface area (Å²) < 4.78 is 0. The van der Waals surface area contributed by atoms with Gasteiger partial charge in [0.2, 0.25) is 0 Å². The summed E-state index contributed by atoms with van der Waals surface area (Å²) in [4.78, 5) is 3.90. The lowest BCUT2D eigenvalue weighted by Crippen LogP contribution is -1.86. The second-order valence-electron chi connectivity index (χ2n) is 2.60. The van der Waals surface area contributed by atoms with E-state index in [4.69, 9.17) is 5.73 Å². The third-order valence-electron chi connectivity index (χ3n) is 1.83. The molecule has 2 aromatic rings. The molecule has 0 amide bonds. The maximum Gasteiger partial charge on any atom is 0.125 e. The number of aromatic hydroxyl groups is 1. The van der Waals surface area contributed by atoms with Gasteiger partial charge in [0.1, 0.15) is 5.75 Å². The third-order valence-corrected chi connectivity index (χ3v) is 1.83. The smallest absolute Gasteiger partial charge is 0.125 e. The highest BCUT2D eigenvalue weighted by Gasteiger charge is 2.00. The number of nitrogens with zero attached hydrogens (tertiary/aromatic N) is 1. The lowest BCUT2D eigenvalue weighted by molar-refractivity contribution is 0.481. The molecule has 0 saturated heterocycles. The number of pyridine rings is 1. The Labute approximate surface area is 69.5 Å². The number of hydrogen-bond donors (Lipinski definition) is 2. The van der Waals surface area contributed by atoms with Gasteiger partial charge in [-0.25, -0.2) is 0 Å². The molecule has 0 bridgehead atoms. The number of hydrogen-bond acceptors (Lipinski definition) is 3. The van der Waals surface area contributed by atoms with E-state index in [9.17, 15) is 5.11 Å². The van der Waals surface area contributed by atoms with Crippen LogP contribution >= 0.6 is 0 Å². The summed E-state index contributed by atoms with van der Waals surface area (Å²) >= 11 is 0. The van der Waals surface area contributed by atoms with Crippen LogP contribution in [0.15, 0.2) is 30.6 Å². The minimum atomic E-state index is 0.215. The number of phenols is 1. The molecule has 3 nitrogen and oxygen atoms in total. The van der Waals surface area contributed by atoms with Crippen LogP contribution in [0.3, 0.4) is 0 Å². The molecule has 0 atom stereocenters. The molecule has 12 heavy (non-hydrogen) atoms. The summed E-state index contributed by atoms with van der Waals surface area (Å²) in [5, 5.41) is 10.9. The predicted octanol–water partition coefficient (Wildman–Crippen LogP) is 1.52. The Morgan fingerprint density at radius 1 is 1.17 bits per heavy atom. The lowest BCUT2D eigenvalue weighted by Gasteiger charge is -2.01. The highest BCUT2D eigenvalue weighted by atomic mass is 16.3. The minimum Gasteiger partial charge on any atom is -0.507 e. The van der Waals surface area contributed by atoms with Crippen LogP contribution in [0.2, 0.25) is 0 Å². The summed E-state index contributed by atoms with van der Waals surface area (Å²) in [6.07, 6.45) is 3.25.